The second kappa shape index (κ2) is 9.54. The molecule has 0 aromatic heterocycles. The lowest BCUT2D eigenvalue weighted by Gasteiger charge is -2.22. The summed E-state index contributed by atoms with van der Waals surface area (Å²) in [7, 11) is -1.26. The summed E-state index contributed by atoms with van der Waals surface area (Å²) < 4.78 is 25.1. The van der Waals surface area contributed by atoms with Crippen LogP contribution in [0.1, 0.15) is 27.2 Å². The summed E-state index contributed by atoms with van der Waals surface area (Å²) >= 11 is 0. The van der Waals surface area contributed by atoms with Crippen molar-refractivity contribution < 1.29 is 8.42 Å². The van der Waals surface area contributed by atoms with Crippen LogP contribution in [0.15, 0.2) is 4.99 Å². The zero-order valence-corrected chi connectivity index (χ0v) is 18.3. The van der Waals surface area contributed by atoms with Gasteiger partial charge in [0.2, 0.25) is 10.0 Å². The molecule has 0 amide bonds. The summed E-state index contributed by atoms with van der Waals surface area (Å²) in [5, 5.41) is 6.72. The van der Waals surface area contributed by atoms with Gasteiger partial charge >= 0.3 is 0 Å². The third-order valence-electron chi connectivity index (χ3n) is 4.77. The number of likely N-dealkylation sites (tertiary alicyclic amines) is 1. The van der Waals surface area contributed by atoms with Gasteiger partial charge in [-0.2, -0.15) is 0 Å². The van der Waals surface area contributed by atoms with Crippen molar-refractivity contribution in [2.45, 2.75) is 39.3 Å². The maximum absolute atomic E-state index is 11.8. The Morgan fingerprint density at radius 2 is 2.04 bits per heavy atom. The number of aliphatic imine (C=N–C) groups is 1. The van der Waals surface area contributed by atoms with Crippen LogP contribution < -0.4 is 10.6 Å². The van der Waals surface area contributed by atoms with Gasteiger partial charge in [-0.1, -0.05) is 6.92 Å². The molecule has 0 bridgehead atoms. The number of rotatable bonds is 5. The van der Waals surface area contributed by atoms with Gasteiger partial charge in [0.15, 0.2) is 5.96 Å². The molecule has 2 aliphatic rings. The molecule has 2 fully saturated rings. The van der Waals surface area contributed by atoms with Crippen molar-refractivity contribution in [2.75, 3.05) is 45.5 Å². The molecule has 142 valence electrons. The molecule has 9 heteroatoms. The van der Waals surface area contributed by atoms with E-state index in [2.05, 4.69) is 41.3 Å². The fraction of sp³-hybridized carbons (Fsp3) is 0.933. The van der Waals surface area contributed by atoms with E-state index >= 15 is 0 Å². The topological polar surface area (TPSA) is 77.0 Å². The van der Waals surface area contributed by atoms with Gasteiger partial charge in [-0.15, -0.1) is 24.0 Å². The SMILES string of the molecule is CN=C(NCCN1CCCS1(=O)=O)NC1CN(C(C)C)CC1C.I. The average molecular weight is 473 g/mol. The van der Waals surface area contributed by atoms with Crippen molar-refractivity contribution >= 4 is 40.0 Å². The highest BCUT2D eigenvalue weighted by atomic mass is 127. The van der Waals surface area contributed by atoms with E-state index in [9.17, 15) is 8.42 Å². The first kappa shape index (κ1) is 21.9. The Morgan fingerprint density at radius 1 is 1.33 bits per heavy atom. The van der Waals surface area contributed by atoms with Gasteiger partial charge in [0.05, 0.1) is 5.75 Å². The number of halogens is 1. The lowest BCUT2D eigenvalue weighted by Crippen LogP contribution is -2.48. The van der Waals surface area contributed by atoms with Gasteiger partial charge in [-0.05, 0) is 26.2 Å². The number of nitrogens with one attached hydrogen (secondary N) is 2. The number of hydrogen-bond acceptors (Lipinski definition) is 4. The van der Waals surface area contributed by atoms with E-state index in [-0.39, 0.29) is 29.7 Å². The monoisotopic (exact) mass is 473 g/mol. The van der Waals surface area contributed by atoms with Crippen LogP contribution in [0.2, 0.25) is 0 Å². The summed E-state index contributed by atoms with van der Waals surface area (Å²) in [6.45, 7) is 10.5. The molecule has 0 spiro atoms. The van der Waals surface area contributed by atoms with Crippen LogP contribution in [0, 0.1) is 5.92 Å². The Balaban J connectivity index is 0.00000288. The van der Waals surface area contributed by atoms with Crippen molar-refractivity contribution in [1.82, 2.24) is 19.8 Å². The Morgan fingerprint density at radius 3 is 2.54 bits per heavy atom. The molecule has 0 aromatic rings. The van der Waals surface area contributed by atoms with E-state index in [0.717, 1.165) is 25.5 Å². The molecule has 2 atom stereocenters. The van der Waals surface area contributed by atoms with E-state index in [0.29, 0.717) is 37.6 Å². The molecule has 0 saturated carbocycles. The first-order chi connectivity index (χ1) is 10.8. The highest BCUT2D eigenvalue weighted by Crippen LogP contribution is 2.18. The molecule has 0 aliphatic carbocycles. The highest BCUT2D eigenvalue weighted by Gasteiger charge is 2.31. The third kappa shape index (κ3) is 5.70. The minimum Gasteiger partial charge on any atom is -0.355 e. The summed E-state index contributed by atoms with van der Waals surface area (Å²) in [5.74, 6) is 1.60. The maximum atomic E-state index is 11.8. The van der Waals surface area contributed by atoms with Gasteiger partial charge in [-0.25, -0.2) is 12.7 Å². The van der Waals surface area contributed by atoms with Crippen LogP contribution in [-0.2, 0) is 10.0 Å². The smallest absolute Gasteiger partial charge is 0.214 e. The van der Waals surface area contributed by atoms with Crippen LogP contribution in [0.25, 0.3) is 0 Å². The largest absolute Gasteiger partial charge is 0.355 e. The summed E-state index contributed by atoms with van der Waals surface area (Å²) in [6.07, 6.45) is 0.736. The molecule has 2 heterocycles. The summed E-state index contributed by atoms with van der Waals surface area (Å²) in [4.78, 5) is 6.73. The van der Waals surface area contributed by atoms with Crippen molar-refractivity contribution in [1.29, 1.82) is 0 Å². The standard InChI is InChI=1S/C15H31N5O2S.HI/c1-12(2)19-10-13(3)14(11-19)18-15(16-4)17-6-8-20-7-5-9-23(20,21)22;/h12-14H,5-11H2,1-4H3,(H2,16,17,18);1H. The first-order valence-electron chi connectivity index (χ1n) is 8.52. The van der Waals surface area contributed by atoms with Crippen LogP contribution in [-0.4, -0.2) is 81.2 Å². The van der Waals surface area contributed by atoms with E-state index in [1.165, 1.54) is 0 Å². The molecule has 0 radical (unpaired) electrons. The normalized spacial score (nSPS) is 28.1. The predicted octanol–water partition coefficient (Wildman–Crippen LogP) is 0.534. The Hall–Kier alpha value is -0.130. The number of sulfonamides is 1. The van der Waals surface area contributed by atoms with Gasteiger partial charge in [0.1, 0.15) is 0 Å². The van der Waals surface area contributed by atoms with Crippen LogP contribution in [0.4, 0.5) is 0 Å². The second-order valence-corrected chi connectivity index (χ2v) is 8.93. The molecule has 24 heavy (non-hydrogen) atoms. The van der Waals surface area contributed by atoms with Crippen LogP contribution in [0.5, 0.6) is 0 Å². The summed E-state index contributed by atoms with van der Waals surface area (Å²) in [5.41, 5.74) is 0. The first-order valence-corrected chi connectivity index (χ1v) is 10.1. The lowest BCUT2D eigenvalue weighted by molar-refractivity contribution is 0.265. The number of nitrogens with zero attached hydrogens (tertiary/aromatic N) is 3. The second-order valence-electron chi connectivity index (χ2n) is 6.84. The zero-order chi connectivity index (χ0) is 17.0. The van der Waals surface area contributed by atoms with E-state index < -0.39 is 10.0 Å². The Kier molecular flexibility index (Phi) is 8.71. The van der Waals surface area contributed by atoms with Crippen molar-refractivity contribution in [2.24, 2.45) is 10.9 Å². The number of hydrogen-bond donors (Lipinski definition) is 2. The van der Waals surface area contributed by atoms with Crippen molar-refractivity contribution in [3.05, 3.63) is 0 Å². The van der Waals surface area contributed by atoms with Crippen molar-refractivity contribution in [3.8, 4) is 0 Å². The molecule has 7 nitrogen and oxygen atoms in total. The minimum atomic E-state index is -3.01. The molecule has 2 rings (SSSR count). The van der Waals surface area contributed by atoms with Gasteiger partial charge < -0.3 is 10.6 Å². The van der Waals surface area contributed by atoms with Gasteiger partial charge in [0, 0.05) is 51.9 Å². The molecule has 2 aliphatic heterocycles. The van der Waals surface area contributed by atoms with Gasteiger partial charge in [-0.3, -0.25) is 9.89 Å². The van der Waals surface area contributed by atoms with E-state index in [1.54, 1.807) is 11.4 Å². The van der Waals surface area contributed by atoms with E-state index in [1.807, 2.05) is 0 Å². The average Bonchev–Trinajstić information content (AvgIpc) is 3.01. The molecule has 0 aromatic carbocycles. The molecular weight excluding hydrogens is 441 g/mol. The quantitative estimate of drug-likeness (QED) is 0.346. The molecule has 2 N–H and O–H groups in total. The van der Waals surface area contributed by atoms with Crippen molar-refractivity contribution in [3.63, 3.8) is 0 Å². The minimum absolute atomic E-state index is 0. The predicted molar refractivity (Wildman–Crippen MR) is 110 cm³/mol. The zero-order valence-electron chi connectivity index (χ0n) is 15.2. The molecular formula is C15H32IN5O2S. The van der Waals surface area contributed by atoms with Crippen LogP contribution >= 0.6 is 24.0 Å². The lowest BCUT2D eigenvalue weighted by atomic mass is 10.1. The fourth-order valence-corrected chi connectivity index (χ4v) is 4.75. The maximum Gasteiger partial charge on any atom is 0.214 e. The highest BCUT2D eigenvalue weighted by molar-refractivity contribution is 14.0. The number of guanidine groups is 1. The fourth-order valence-electron chi connectivity index (χ4n) is 3.23. The summed E-state index contributed by atoms with van der Waals surface area (Å²) in [6, 6.07) is 0.929. The molecule has 2 unspecified atom stereocenters. The Labute approximate surface area is 163 Å². The van der Waals surface area contributed by atoms with Crippen LogP contribution in [0.3, 0.4) is 0 Å². The Bertz CT molecular complexity index is 526. The molecule has 2 saturated heterocycles. The van der Waals surface area contributed by atoms with E-state index in [4.69, 9.17) is 0 Å². The third-order valence-corrected chi connectivity index (χ3v) is 6.73. The van der Waals surface area contributed by atoms with Gasteiger partial charge in [0.25, 0.3) is 0 Å².